The highest BCUT2D eigenvalue weighted by molar-refractivity contribution is 5.28. The Morgan fingerprint density at radius 3 is 2.07 bits per heavy atom. The molecule has 82 valence electrons. The molecule has 0 N–H and O–H groups in total. The van der Waals surface area contributed by atoms with E-state index in [4.69, 9.17) is 4.74 Å². The van der Waals surface area contributed by atoms with Crippen molar-refractivity contribution in [2.24, 2.45) is 5.41 Å². The predicted molar refractivity (Wildman–Crippen MR) is 65.0 cm³/mol. The molecule has 0 heterocycles. The fourth-order valence-electron chi connectivity index (χ4n) is 1.38. The number of hydrogen-bond donors (Lipinski definition) is 0. The maximum atomic E-state index is 5.84. The van der Waals surface area contributed by atoms with Crippen molar-refractivity contribution in [3.05, 3.63) is 41.7 Å². The van der Waals surface area contributed by atoms with Gasteiger partial charge in [0.15, 0.2) is 0 Å². The molecular formula is C14H20O. The summed E-state index contributed by atoms with van der Waals surface area (Å²) in [5.74, 6) is 1.91. The van der Waals surface area contributed by atoms with Crippen LogP contribution in [0.15, 0.2) is 36.1 Å². The molecule has 0 saturated heterocycles. The SMILES string of the molecule is CC=C(Oc1ccc(C)cc1)C(C)(C)C. The molecule has 0 radical (unpaired) electrons. The van der Waals surface area contributed by atoms with E-state index in [-0.39, 0.29) is 5.41 Å². The summed E-state index contributed by atoms with van der Waals surface area (Å²) < 4.78 is 5.84. The van der Waals surface area contributed by atoms with E-state index in [1.165, 1.54) is 5.56 Å². The number of benzene rings is 1. The van der Waals surface area contributed by atoms with Crippen molar-refractivity contribution in [2.75, 3.05) is 0 Å². The maximum absolute atomic E-state index is 5.84. The molecular weight excluding hydrogens is 184 g/mol. The van der Waals surface area contributed by atoms with Gasteiger partial charge in [-0.15, -0.1) is 0 Å². The molecule has 0 aliphatic heterocycles. The highest BCUT2D eigenvalue weighted by atomic mass is 16.5. The van der Waals surface area contributed by atoms with Gasteiger partial charge in [-0.25, -0.2) is 0 Å². The van der Waals surface area contributed by atoms with Crippen molar-refractivity contribution in [1.29, 1.82) is 0 Å². The highest BCUT2D eigenvalue weighted by Crippen LogP contribution is 2.28. The van der Waals surface area contributed by atoms with E-state index in [2.05, 4.69) is 39.8 Å². The van der Waals surface area contributed by atoms with Gasteiger partial charge in [-0.3, -0.25) is 0 Å². The van der Waals surface area contributed by atoms with Gasteiger partial charge in [0.1, 0.15) is 11.5 Å². The lowest BCUT2D eigenvalue weighted by atomic mass is 9.93. The third-order valence-corrected chi connectivity index (χ3v) is 2.25. The minimum Gasteiger partial charge on any atom is -0.462 e. The van der Waals surface area contributed by atoms with Crippen LogP contribution in [-0.2, 0) is 0 Å². The first kappa shape index (κ1) is 11.8. The standard InChI is InChI=1S/C14H20O/c1-6-13(14(3,4)5)15-12-9-7-11(2)8-10-12/h6-10H,1-5H3. The minimum absolute atomic E-state index is 0.0552. The van der Waals surface area contributed by atoms with Crippen molar-refractivity contribution < 1.29 is 4.74 Å². The Hall–Kier alpha value is -1.24. The summed E-state index contributed by atoms with van der Waals surface area (Å²) >= 11 is 0. The molecule has 15 heavy (non-hydrogen) atoms. The third-order valence-electron chi connectivity index (χ3n) is 2.25. The van der Waals surface area contributed by atoms with Gasteiger partial charge in [-0.05, 0) is 32.1 Å². The zero-order valence-electron chi connectivity index (χ0n) is 10.3. The van der Waals surface area contributed by atoms with Gasteiger partial charge in [0.05, 0.1) is 0 Å². The number of rotatable bonds is 2. The molecule has 0 aliphatic rings. The van der Waals surface area contributed by atoms with Crippen LogP contribution in [-0.4, -0.2) is 0 Å². The van der Waals surface area contributed by atoms with E-state index in [1.54, 1.807) is 0 Å². The quantitative estimate of drug-likeness (QED) is 0.652. The fourth-order valence-corrected chi connectivity index (χ4v) is 1.38. The molecule has 0 amide bonds. The van der Waals surface area contributed by atoms with Crippen LogP contribution in [0.3, 0.4) is 0 Å². The Bertz CT molecular complexity index is 339. The van der Waals surface area contributed by atoms with Crippen LogP contribution in [0.5, 0.6) is 5.75 Å². The first-order valence-electron chi connectivity index (χ1n) is 5.35. The van der Waals surface area contributed by atoms with Gasteiger partial charge < -0.3 is 4.74 Å². The van der Waals surface area contributed by atoms with Crippen LogP contribution in [0.25, 0.3) is 0 Å². The second-order valence-electron chi connectivity index (χ2n) is 4.82. The number of hydrogen-bond acceptors (Lipinski definition) is 1. The molecule has 0 bridgehead atoms. The zero-order valence-corrected chi connectivity index (χ0v) is 10.3. The van der Waals surface area contributed by atoms with Gasteiger partial charge in [0.2, 0.25) is 0 Å². The summed E-state index contributed by atoms with van der Waals surface area (Å²) in [6.07, 6.45) is 2.03. The van der Waals surface area contributed by atoms with Crippen LogP contribution in [0.2, 0.25) is 0 Å². The molecule has 0 spiro atoms. The predicted octanol–water partition coefficient (Wildman–Crippen LogP) is 4.32. The van der Waals surface area contributed by atoms with E-state index < -0.39 is 0 Å². The Labute approximate surface area is 92.8 Å². The van der Waals surface area contributed by atoms with Crippen LogP contribution in [0.4, 0.5) is 0 Å². The number of ether oxygens (including phenoxy) is 1. The third kappa shape index (κ3) is 3.43. The first-order chi connectivity index (χ1) is 6.93. The zero-order chi connectivity index (χ0) is 11.5. The summed E-state index contributed by atoms with van der Waals surface area (Å²) in [5.41, 5.74) is 1.31. The van der Waals surface area contributed by atoms with E-state index in [0.29, 0.717) is 0 Å². The molecule has 1 rings (SSSR count). The van der Waals surface area contributed by atoms with Gasteiger partial charge in [0, 0.05) is 5.41 Å². The molecule has 1 nitrogen and oxygen atoms in total. The molecule has 1 heteroatoms. The van der Waals surface area contributed by atoms with Crippen molar-refractivity contribution in [3.63, 3.8) is 0 Å². The van der Waals surface area contributed by atoms with Crippen molar-refractivity contribution in [2.45, 2.75) is 34.6 Å². The van der Waals surface area contributed by atoms with E-state index in [1.807, 2.05) is 25.1 Å². The van der Waals surface area contributed by atoms with Crippen molar-refractivity contribution >= 4 is 0 Å². The van der Waals surface area contributed by atoms with E-state index in [0.717, 1.165) is 11.5 Å². The van der Waals surface area contributed by atoms with E-state index >= 15 is 0 Å². The topological polar surface area (TPSA) is 9.23 Å². The van der Waals surface area contributed by atoms with Gasteiger partial charge in [-0.2, -0.15) is 0 Å². The second-order valence-corrected chi connectivity index (χ2v) is 4.82. The Kier molecular flexibility index (Phi) is 3.57. The maximum Gasteiger partial charge on any atom is 0.126 e. The molecule has 0 saturated carbocycles. The largest absolute Gasteiger partial charge is 0.462 e. The summed E-state index contributed by atoms with van der Waals surface area (Å²) in [6.45, 7) is 10.5. The number of allylic oxidation sites excluding steroid dienone is 2. The van der Waals surface area contributed by atoms with Crippen LogP contribution in [0, 0.1) is 12.3 Å². The van der Waals surface area contributed by atoms with Gasteiger partial charge in [0.25, 0.3) is 0 Å². The summed E-state index contributed by atoms with van der Waals surface area (Å²) in [6, 6.07) is 8.13. The lowest BCUT2D eigenvalue weighted by Gasteiger charge is -2.22. The fraction of sp³-hybridized carbons (Fsp3) is 0.429. The second kappa shape index (κ2) is 4.52. The Balaban J connectivity index is 2.81. The van der Waals surface area contributed by atoms with Crippen LogP contribution in [0.1, 0.15) is 33.3 Å². The first-order valence-corrected chi connectivity index (χ1v) is 5.35. The molecule has 0 aromatic heterocycles. The van der Waals surface area contributed by atoms with Crippen molar-refractivity contribution in [3.8, 4) is 5.75 Å². The summed E-state index contributed by atoms with van der Waals surface area (Å²) in [4.78, 5) is 0. The lowest BCUT2D eigenvalue weighted by Crippen LogP contribution is -2.14. The average Bonchev–Trinajstić information content (AvgIpc) is 2.15. The lowest BCUT2D eigenvalue weighted by molar-refractivity contribution is 0.293. The Morgan fingerprint density at radius 1 is 1.13 bits per heavy atom. The molecule has 0 fully saturated rings. The number of aryl methyl sites for hydroxylation is 1. The van der Waals surface area contributed by atoms with Crippen LogP contribution >= 0.6 is 0 Å². The molecule has 0 unspecified atom stereocenters. The summed E-state index contributed by atoms with van der Waals surface area (Å²) in [5, 5.41) is 0. The van der Waals surface area contributed by atoms with Gasteiger partial charge in [-0.1, -0.05) is 38.5 Å². The summed E-state index contributed by atoms with van der Waals surface area (Å²) in [7, 11) is 0. The van der Waals surface area contributed by atoms with Crippen molar-refractivity contribution in [1.82, 2.24) is 0 Å². The molecule has 1 aromatic carbocycles. The smallest absolute Gasteiger partial charge is 0.126 e. The Morgan fingerprint density at radius 2 is 1.67 bits per heavy atom. The van der Waals surface area contributed by atoms with E-state index in [9.17, 15) is 0 Å². The minimum atomic E-state index is 0.0552. The highest BCUT2D eigenvalue weighted by Gasteiger charge is 2.18. The molecule has 0 aliphatic carbocycles. The molecule has 1 aromatic rings. The van der Waals surface area contributed by atoms with Crippen LogP contribution < -0.4 is 4.74 Å². The molecule has 0 atom stereocenters. The monoisotopic (exact) mass is 204 g/mol. The normalized spacial score (nSPS) is 12.7. The average molecular weight is 204 g/mol. The van der Waals surface area contributed by atoms with Gasteiger partial charge >= 0.3 is 0 Å².